The summed E-state index contributed by atoms with van der Waals surface area (Å²) in [5.41, 5.74) is 5.55. The minimum atomic E-state index is -3.42. The molecule has 19 heavy (non-hydrogen) atoms. The Labute approximate surface area is 118 Å². The highest BCUT2D eigenvalue weighted by molar-refractivity contribution is 7.89. The third-order valence-electron chi connectivity index (χ3n) is 3.32. The largest absolute Gasteiger partial charge is 0.381 e. The first-order chi connectivity index (χ1) is 9.03. The van der Waals surface area contributed by atoms with Gasteiger partial charge in [-0.3, -0.25) is 0 Å². The topological polar surface area (TPSA) is 81.4 Å². The van der Waals surface area contributed by atoms with Crippen molar-refractivity contribution in [3.63, 3.8) is 0 Å². The maximum Gasteiger partial charge on any atom is 0.241 e. The summed E-state index contributed by atoms with van der Waals surface area (Å²) in [6.45, 7) is 4.12. The molecule has 7 heteroatoms. The Morgan fingerprint density at radius 1 is 1.47 bits per heavy atom. The average molecular weight is 304 g/mol. The monoisotopic (exact) mass is 304 g/mol. The molecule has 0 aromatic carbocycles. The summed E-state index contributed by atoms with van der Waals surface area (Å²) in [7, 11) is -3.42. The van der Waals surface area contributed by atoms with E-state index in [2.05, 4.69) is 4.72 Å². The lowest BCUT2D eigenvalue weighted by Crippen LogP contribution is -2.32. The number of rotatable bonds is 5. The SMILES string of the molecule is Cc1sc(CN)cc1S(=O)(=O)NCC1CCOCC1. The lowest BCUT2D eigenvalue weighted by Gasteiger charge is -2.22. The highest BCUT2D eigenvalue weighted by atomic mass is 32.2. The van der Waals surface area contributed by atoms with Crippen LogP contribution in [0.2, 0.25) is 0 Å². The first-order valence-corrected chi connectivity index (χ1v) is 8.69. The van der Waals surface area contributed by atoms with Crippen LogP contribution in [-0.4, -0.2) is 28.2 Å². The van der Waals surface area contributed by atoms with E-state index in [0.717, 1.165) is 35.8 Å². The van der Waals surface area contributed by atoms with Gasteiger partial charge in [-0.1, -0.05) is 0 Å². The van der Waals surface area contributed by atoms with Crippen LogP contribution < -0.4 is 10.5 Å². The fourth-order valence-corrected chi connectivity index (χ4v) is 4.78. The van der Waals surface area contributed by atoms with E-state index >= 15 is 0 Å². The zero-order chi connectivity index (χ0) is 13.9. The minimum absolute atomic E-state index is 0.366. The molecule has 1 aromatic rings. The van der Waals surface area contributed by atoms with Crippen LogP contribution in [-0.2, 0) is 21.3 Å². The van der Waals surface area contributed by atoms with Gasteiger partial charge in [-0.2, -0.15) is 0 Å². The molecule has 1 aliphatic rings. The predicted octanol–water partition coefficient (Wildman–Crippen LogP) is 1.22. The molecule has 1 saturated heterocycles. The van der Waals surface area contributed by atoms with Gasteiger partial charge in [0.15, 0.2) is 0 Å². The highest BCUT2D eigenvalue weighted by Crippen LogP contribution is 2.25. The first-order valence-electron chi connectivity index (χ1n) is 6.39. The van der Waals surface area contributed by atoms with E-state index in [-0.39, 0.29) is 0 Å². The van der Waals surface area contributed by atoms with E-state index in [4.69, 9.17) is 10.5 Å². The number of ether oxygens (including phenoxy) is 1. The number of sulfonamides is 1. The lowest BCUT2D eigenvalue weighted by atomic mass is 10.0. The van der Waals surface area contributed by atoms with Crippen LogP contribution in [0.3, 0.4) is 0 Å². The molecule has 0 radical (unpaired) electrons. The van der Waals surface area contributed by atoms with Gasteiger partial charge in [-0.05, 0) is 31.7 Å². The van der Waals surface area contributed by atoms with Gasteiger partial charge in [0.2, 0.25) is 10.0 Å². The van der Waals surface area contributed by atoms with Crippen molar-refractivity contribution >= 4 is 21.4 Å². The third kappa shape index (κ3) is 3.76. The quantitative estimate of drug-likeness (QED) is 0.857. The van der Waals surface area contributed by atoms with Crippen molar-refractivity contribution in [2.45, 2.75) is 31.2 Å². The normalized spacial score (nSPS) is 17.8. The number of aryl methyl sites for hydroxylation is 1. The van der Waals surface area contributed by atoms with E-state index in [1.165, 1.54) is 11.3 Å². The second-order valence-corrected chi connectivity index (χ2v) is 7.82. The number of hydrogen-bond donors (Lipinski definition) is 2. The summed E-state index contributed by atoms with van der Waals surface area (Å²) >= 11 is 1.44. The molecule has 1 aliphatic heterocycles. The third-order valence-corrected chi connectivity index (χ3v) is 6.07. The molecule has 1 fully saturated rings. The molecule has 0 spiro atoms. The fourth-order valence-electron chi connectivity index (χ4n) is 2.15. The van der Waals surface area contributed by atoms with Crippen molar-refractivity contribution in [2.24, 2.45) is 11.7 Å². The zero-order valence-corrected chi connectivity index (χ0v) is 12.6. The van der Waals surface area contributed by atoms with E-state index < -0.39 is 10.0 Å². The molecule has 0 atom stereocenters. The Balaban J connectivity index is 2.02. The standard InChI is InChI=1S/C12H20N2O3S2/c1-9-12(6-11(7-13)18-9)19(15,16)14-8-10-2-4-17-5-3-10/h6,10,14H,2-5,7-8,13H2,1H3. The van der Waals surface area contributed by atoms with Crippen LogP contribution in [0.1, 0.15) is 22.6 Å². The van der Waals surface area contributed by atoms with E-state index in [0.29, 0.717) is 23.9 Å². The van der Waals surface area contributed by atoms with Crippen molar-refractivity contribution in [1.29, 1.82) is 0 Å². The molecule has 0 saturated carbocycles. The Morgan fingerprint density at radius 2 is 2.16 bits per heavy atom. The van der Waals surface area contributed by atoms with Crippen LogP contribution >= 0.6 is 11.3 Å². The van der Waals surface area contributed by atoms with E-state index in [1.54, 1.807) is 6.07 Å². The van der Waals surface area contributed by atoms with E-state index in [1.807, 2.05) is 6.92 Å². The summed E-state index contributed by atoms with van der Waals surface area (Å²) in [6, 6.07) is 1.67. The van der Waals surface area contributed by atoms with Crippen LogP contribution in [0.4, 0.5) is 0 Å². The van der Waals surface area contributed by atoms with Crippen LogP contribution in [0.15, 0.2) is 11.0 Å². The molecule has 0 unspecified atom stereocenters. The Kier molecular flexibility index (Phi) is 4.97. The maximum atomic E-state index is 12.2. The van der Waals surface area contributed by atoms with Gasteiger partial charge in [0.1, 0.15) is 0 Å². The summed E-state index contributed by atoms with van der Waals surface area (Å²) in [5, 5.41) is 0. The van der Waals surface area contributed by atoms with Gasteiger partial charge in [-0.25, -0.2) is 13.1 Å². The number of nitrogens with two attached hydrogens (primary N) is 1. The molecule has 2 rings (SSSR count). The van der Waals surface area contributed by atoms with Gasteiger partial charge in [0.05, 0.1) is 4.90 Å². The van der Waals surface area contributed by atoms with E-state index in [9.17, 15) is 8.42 Å². The van der Waals surface area contributed by atoms with Crippen molar-refractivity contribution in [3.05, 3.63) is 15.8 Å². The number of nitrogens with one attached hydrogen (secondary N) is 1. The number of thiophene rings is 1. The van der Waals surface area contributed by atoms with Crippen molar-refractivity contribution in [2.75, 3.05) is 19.8 Å². The molecule has 5 nitrogen and oxygen atoms in total. The fraction of sp³-hybridized carbons (Fsp3) is 0.667. The van der Waals surface area contributed by atoms with Gasteiger partial charge in [-0.15, -0.1) is 11.3 Å². The molecular weight excluding hydrogens is 284 g/mol. The molecule has 3 N–H and O–H groups in total. The summed E-state index contributed by atoms with van der Waals surface area (Å²) < 4.78 is 32.5. The van der Waals surface area contributed by atoms with Crippen LogP contribution in [0, 0.1) is 12.8 Å². The molecule has 0 bridgehead atoms. The smallest absolute Gasteiger partial charge is 0.241 e. The lowest BCUT2D eigenvalue weighted by molar-refractivity contribution is 0.0678. The van der Waals surface area contributed by atoms with Crippen LogP contribution in [0.5, 0.6) is 0 Å². The Hall–Kier alpha value is -0.470. The molecule has 1 aromatic heterocycles. The van der Waals surface area contributed by atoms with Crippen molar-refractivity contribution in [3.8, 4) is 0 Å². The molecule has 108 valence electrons. The second kappa shape index (κ2) is 6.32. The van der Waals surface area contributed by atoms with Crippen molar-refractivity contribution < 1.29 is 13.2 Å². The van der Waals surface area contributed by atoms with Gasteiger partial charge in [0, 0.05) is 36.1 Å². The average Bonchev–Trinajstić information content (AvgIpc) is 2.80. The van der Waals surface area contributed by atoms with Gasteiger partial charge >= 0.3 is 0 Å². The predicted molar refractivity (Wildman–Crippen MR) is 75.7 cm³/mol. The van der Waals surface area contributed by atoms with Crippen LogP contribution in [0.25, 0.3) is 0 Å². The number of hydrogen-bond acceptors (Lipinski definition) is 5. The molecule has 2 heterocycles. The summed E-state index contributed by atoms with van der Waals surface area (Å²) in [6.07, 6.45) is 1.83. The molecule has 0 amide bonds. The minimum Gasteiger partial charge on any atom is -0.381 e. The summed E-state index contributed by atoms with van der Waals surface area (Å²) in [4.78, 5) is 2.05. The Morgan fingerprint density at radius 3 is 2.74 bits per heavy atom. The van der Waals surface area contributed by atoms with Gasteiger partial charge < -0.3 is 10.5 Å². The summed E-state index contributed by atoms with van der Waals surface area (Å²) in [5.74, 6) is 0.372. The highest BCUT2D eigenvalue weighted by Gasteiger charge is 2.22. The van der Waals surface area contributed by atoms with Crippen molar-refractivity contribution in [1.82, 2.24) is 4.72 Å². The molecule has 0 aliphatic carbocycles. The zero-order valence-electron chi connectivity index (χ0n) is 11.0. The first kappa shape index (κ1) is 14.9. The second-order valence-electron chi connectivity index (χ2n) is 4.74. The van der Waals surface area contributed by atoms with Gasteiger partial charge in [0.25, 0.3) is 0 Å². The maximum absolute atomic E-state index is 12.2. The Bertz CT molecular complexity index is 519. The molecular formula is C12H20N2O3S2.